The van der Waals surface area contributed by atoms with Crippen molar-refractivity contribution in [3.05, 3.63) is 59.1 Å². The molecule has 0 aliphatic rings. The number of amides is 1. The van der Waals surface area contributed by atoms with Crippen molar-refractivity contribution in [2.75, 3.05) is 27.7 Å². The predicted octanol–water partition coefficient (Wildman–Crippen LogP) is 3.44. The van der Waals surface area contributed by atoms with Gasteiger partial charge in [-0.05, 0) is 43.2 Å². The number of aromatic nitrogens is 1. The summed E-state index contributed by atoms with van der Waals surface area (Å²) in [5.41, 5.74) is 1.34. The molecule has 0 spiro atoms. The fourth-order valence-electron chi connectivity index (χ4n) is 2.64. The van der Waals surface area contributed by atoms with Crippen LogP contribution in [0.3, 0.4) is 0 Å². The third-order valence-corrected chi connectivity index (χ3v) is 4.95. The zero-order valence-corrected chi connectivity index (χ0v) is 15.7. The lowest BCUT2D eigenvalue weighted by Crippen LogP contribution is -2.34. The summed E-state index contributed by atoms with van der Waals surface area (Å²) in [4.78, 5) is 15.4. The maximum atomic E-state index is 12.4. The average molecular weight is 371 g/mol. The first-order chi connectivity index (χ1) is 12.6. The number of benzene rings is 1. The van der Waals surface area contributed by atoms with Crippen molar-refractivity contribution in [1.82, 2.24) is 15.4 Å². The average Bonchev–Trinajstić information content (AvgIpc) is 3.33. The van der Waals surface area contributed by atoms with Gasteiger partial charge in [-0.2, -0.15) is 0 Å². The first-order valence-corrected chi connectivity index (χ1v) is 9.05. The fraction of sp³-hybridized carbons (Fsp3) is 0.263. The Bertz CT molecular complexity index is 859. The quantitative estimate of drug-likeness (QED) is 0.689. The van der Waals surface area contributed by atoms with Crippen molar-refractivity contribution in [1.29, 1.82) is 0 Å². The number of nitrogens with zero attached hydrogens (tertiary/aromatic N) is 2. The Labute approximate surface area is 156 Å². The maximum absolute atomic E-state index is 12.4. The molecular weight excluding hydrogens is 350 g/mol. The third kappa shape index (κ3) is 4.12. The number of methoxy groups -OCH3 is 1. The highest BCUT2D eigenvalue weighted by Gasteiger charge is 2.19. The van der Waals surface area contributed by atoms with Crippen LogP contribution in [0.5, 0.6) is 5.75 Å². The number of hydrogen-bond donors (Lipinski definition) is 1. The summed E-state index contributed by atoms with van der Waals surface area (Å²) in [7, 11) is 5.59. The van der Waals surface area contributed by atoms with Gasteiger partial charge in [-0.15, -0.1) is 11.3 Å². The van der Waals surface area contributed by atoms with Crippen LogP contribution in [0.2, 0.25) is 0 Å². The van der Waals surface area contributed by atoms with Gasteiger partial charge in [0.05, 0.1) is 18.0 Å². The molecule has 6 nitrogen and oxygen atoms in total. The standard InChI is InChI=1S/C19H21N3O3S/c1-22(2)16(13-6-4-7-14(10-13)24-3)12-20-19(23)15-11-17(25-21-15)18-8-5-9-26-18/h4-11,16H,12H2,1-3H3,(H,20,23). The van der Waals surface area contributed by atoms with Crippen LogP contribution < -0.4 is 10.1 Å². The van der Waals surface area contributed by atoms with Gasteiger partial charge in [-0.1, -0.05) is 23.4 Å². The normalized spacial score (nSPS) is 12.2. The molecule has 1 unspecified atom stereocenters. The van der Waals surface area contributed by atoms with Gasteiger partial charge < -0.3 is 19.5 Å². The van der Waals surface area contributed by atoms with Crippen LogP contribution in [0.15, 0.2) is 52.4 Å². The highest BCUT2D eigenvalue weighted by atomic mass is 32.1. The third-order valence-electron chi connectivity index (χ3n) is 4.06. The molecule has 1 amide bonds. The topological polar surface area (TPSA) is 67.6 Å². The van der Waals surface area contributed by atoms with E-state index in [1.807, 2.05) is 55.9 Å². The fourth-order valence-corrected chi connectivity index (χ4v) is 3.32. The van der Waals surface area contributed by atoms with E-state index >= 15 is 0 Å². The first kappa shape index (κ1) is 18.2. The summed E-state index contributed by atoms with van der Waals surface area (Å²) < 4.78 is 10.6. The summed E-state index contributed by atoms with van der Waals surface area (Å²) in [6.45, 7) is 0.445. The van der Waals surface area contributed by atoms with Gasteiger partial charge in [0.1, 0.15) is 5.75 Å². The van der Waals surface area contributed by atoms with E-state index in [0.29, 0.717) is 12.3 Å². The number of hydrogen-bond acceptors (Lipinski definition) is 6. The maximum Gasteiger partial charge on any atom is 0.273 e. The van der Waals surface area contributed by atoms with Gasteiger partial charge >= 0.3 is 0 Å². The molecule has 2 aromatic heterocycles. The van der Waals surface area contributed by atoms with E-state index in [1.165, 1.54) is 11.3 Å². The number of thiophene rings is 1. The zero-order valence-electron chi connectivity index (χ0n) is 14.9. The lowest BCUT2D eigenvalue weighted by molar-refractivity contribution is 0.0933. The molecule has 0 aliphatic carbocycles. The molecule has 1 atom stereocenters. The number of ether oxygens (including phenoxy) is 1. The molecule has 7 heteroatoms. The van der Waals surface area contributed by atoms with Crippen molar-refractivity contribution in [3.63, 3.8) is 0 Å². The van der Waals surface area contributed by atoms with Crippen molar-refractivity contribution in [2.45, 2.75) is 6.04 Å². The highest BCUT2D eigenvalue weighted by molar-refractivity contribution is 7.13. The van der Waals surface area contributed by atoms with E-state index in [-0.39, 0.29) is 17.6 Å². The van der Waals surface area contributed by atoms with E-state index in [0.717, 1.165) is 16.2 Å². The minimum absolute atomic E-state index is 0.0118. The van der Waals surface area contributed by atoms with Crippen molar-refractivity contribution >= 4 is 17.2 Å². The Morgan fingerprint density at radius 1 is 1.31 bits per heavy atom. The second-order valence-corrected chi connectivity index (χ2v) is 6.97. The van der Waals surface area contributed by atoms with E-state index in [4.69, 9.17) is 9.26 Å². The summed E-state index contributed by atoms with van der Waals surface area (Å²) in [6, 6.07) is 13.4. The molecule has 1 aromatic carbocycles. The Morgan fingerprint density at radius 3 is 2.85 bits per heavy atom. The molecule has 1 N–H and O–H groups in total. The largest absolute Gasteiger partial charge is 0.497 e. The van der Waals surface area contributed by atoms with Crippen molar-refractivity contribution in [2.24, 2.45) is 0 Å². The van der Waals surface area contributed by atoms with Crippen LogP contribution >= 0.6 is 11.3 Å². The van der Waals surface area contributed by atoms with Crippen molar-refractivity contribution in [3.8, 4) is 16.4 Å². The van der Waals surface area contributed by atoms with Gasteiger partial charge in [-0.3, -0.25) is 4.79 Å². The summed E-state index contributed by atoms with van der Waals surface area (Å²) in [5, 5.41) is 8.77. The molecule has 3 aromatic rings. The molecule has 26 heavy (non-hydrogen) atoms. The molecule has 3 rings (SSSR count). The second kappa shape index (κ2) is 8.16. The van der Waals surface area contributed by atoms with Gasteiger partial charge in [0.15, 0.2) is 11.5 Å². The SMILES string of the molecule is COc1cccc(C(CNC(=O)c2cc(-c3cccs3)on2)N(C)C)c1. The monoisotopic (exact) mass is 371 g/mol. The predicted molar refractivity (Wildman–Crippen MR) is 102 cm³/mol. The van der Waals surface area contributed by atoms with E-state index in [9.17, 15) is 4.79 Å². The smallest absolute Gasteiger partial charge is 0.273 e. The molecule has 0 aliphatic heterocycles. The molecule has 0 saturated carbocycles. The molecule has 136 valence electrons. The van der Waals surface area contributed by atoms with Crippen molar-refractivity contribution < 1.29 is 14.1 Å². The number of carbonyl (C=O) groups excluding carboxylic acids is 1. The molecule has 2 heterocycles. The molecule has 0 saturated heterocycles. The molecule has 0 bridgehead atoms. The Morgan fingerprint density at radius 2 is 2.15 bits per heavy atom. The minimum atomic E-state index is -0.258. The lowest BCUT2D eigenvalue weighted by Gasteiger charge is -2.25. The van der Waals surface area contributed by atoms with Crippen LogP contribution in [-0.4, -0.2) is 43.7 Å². The zero-order chi connectivity index (χ0) is 18.5. The minimum Gasteiger partial charge on any atom is -0.497 e. The first-order valence-electron chi connectivity index (χ1n) is 8.17. The second-order valence-electron chi connectivity index (χ2n) is 6.02. The summed E-state index contributed by atoms with van der Waals surface area (Å²) in [5.74, 6) is 1.13. The van der Waals surface area contributed by atoms with Gasteiger partial charge in [0.2, 0.25) is 0 Å². The van der Waals surface area contributed by atoms with E-state index in [2.05, 4.69) is 15.4 Å². The van der Waals surface area contributed by atoms with E-state index in [1.54, 1.807) is 13.2 Å². The van der Waals surface area contributed by atoms with Crippen LogP contribution in [-0.2, 0) is 0 Å². The van der Waals surface area contributed by atoms with Crippen LogP contribution in [0, 0.1) is 0 Å². The van der Waals surface area contributed by atoms with Crippen LogP contribution in [0.4, 0.5) is 0 Å². The number of carbonyl (C=O) groups is 1. The molecule has 0 radical (unpaired) electrons. The highest BCUT2D eigenvalue weighted by Crippen LogP contribution is 2.25. The lowest BCUT2D eigenvalue weighted by atomic mass is 10.1. The Kier molecular flexibility index (Phi) is 5.70. The number of rotatable bonds is 7. The Hall–Kier alpha value is -2.64. The number of nitrogens with one attached hydrogen (secondary N) is 1. The molecular formula is C19H21N3O3S. The van der Waals surface area contributed by atoms with Gasteiger partial charge in [-0.25, -0.2) is 0 Å². The summed E-state index contributed by atoms with van der Waals surface area (Å²) in [6.07, 6.45) is 0. The Balaban J connectivity index is 1.68. The summed E-state index contributed by atoms with van der Waals surface area (Å²) >= 11 is 1.54. The number of likely N-dealkylation sites (N-methyl/N-ethyl adjacent to an activating group) is 1. The van der Waals surface area contributed by atoms with Crippen LogP contribution in [0.1, 0.15) is 22.1 Å². The van der Waals surface area contributed by atoms with Crippen LogP contribution in [0.25, 0.3) is 10.6 Å². The van der Waals surface area contributed by atoms with Gasteiger partial charge in [0, 0.05) is 12.6 Å². The van der Waals surface area contributed by atoms with E-state index < -0.39 is 0 Å². The molecule has 0 fully saturated rings. The van der Waals surface area contributed by atoms with Gasteiger partial charge in [0.25, 0.3) is 5.91 Å².